The van der Waals surface area contributed by atoms with Crippen molar-refractivity contribution in [1.29, 1.82) is 0 Å². The predicted molar refractivity (Wildman–Crippen MR) is 70.3 cm³/mol. The number of carbonyl (C=O) groups is 2. The van der Waals surface area contributed by atoms with E-state index in [4.69, 9.17) is 0 Å². The molecule has 1 heterocycles. The Bertz CT molecular complexity index is 380. The molecule has 0 aromatic heterocycles. The molecule has 2 aliphatic rings. The van der Waals surface area contributed by atoms with Gasteiger partial charge in [0, 0.05) is 6.54 Å². The molecule has 1 atom stereocenters. The number of hydrogen-bond acceptors (Lipinski definition) is 2. The van der Waals surface area contributed by atoms with Crippen LogP contribution >= 0.6 is 0 Å². The zero-order chi connectivity index (χ0) is 14.1. The molecule has 4 nitrogen and oxygen atoms in total. The highest BCUT2D eigenvalue weighted by molar-refractivity contribution is 6.02. The van der Waals surface area contributed by atoms with Gasteiger partial charge in [-0.15, -0.1) is 0 Å². The minimum Gasteiger partial charge on any atom is -0.340 e. The minimum atomic E-state index is -0.833. The minimum absolute atomic E-state index is 0.0117. The molecule has 1 saturated heterocycles. The summed E-state index contributed by atoms with van der Waals surface area (Å²) in [5.74, 6) is -0.0993. The molecule has 2 amide bonds. The summed E-state index contributed by atoms with van der Waals surface area (Å²) >= 11 is 0. The van der Waals surface area contributed by atoms with Crippen LogP contribution in [0.4, 0.5) is 4.39 Å². The van der Waals surface area contributed by atoms with E-state index in [-0.39, 0.29) is 11.8 Å². The smallest absolute Gasteiger partial charge is 0.249 e. The second kappa shape index (κ2) is 5.10. The van der Waals surface area contributed by atoms with Gasteiger partial charge in [0.2, 0.25) is 11.8 Å². The first-order valence-electron chi connectivity index (χ1n) is 7.21. The van der Waals surface area contributed by atoms with Crippen molar-refractivity contribution < 1.29 is 14.0 Å². The van der Waals surface area contributed by atoms with Crippen molar-refractivity contribution in [1.82, 2.24) is 10.2 Å². The predicted octanol–water partition coefficient (Wildman–Crippen LogP) is 1.79. The van der Waals surface area contributed by atoms with E-state index in [1.54, 1.807) is 11.8 Å². The number of amides is 2. The van der Waals surface area contributed by atoms with Gasteiger partial charge < -0.3 is 10.2 Å². The molecule has 0 bridgehead atoms. The summed E-state index contributed by atoms with van der Waals surface area (Å²) in [4.78, 5) is 26.8. The molecule has 1 spiro atoms. The molecule has 0 radical (unpaired) electrons. The van der Waals surface area contributed by atoms with E-state index in [0.29, 0.717) is 32.2 Å². The summed E-state index contributed by atoms with van der Waals surface area (Å²) in [5, 5.41) is 2.97. The first-order valence-corrected chi connectivity index (χ1v) is 7.21. The monoisotopic (exact) mass is 270 g/mol. The lowest BCUT2D eigenvalue weighted by Gasteiger charge is -2.50. The highest BCUT2D eigenvalue weighted by atomic mass is 19.1. The summed E-state index contributed by atoms with van der Waals surface area (Å²) in [5.41, 5.74) is -1.54. The summed E-state index contributed by atoms with van der Waals surface area (Å²) in [6.07, 6.45) is 4.20. The molecule has 1 saturated carbocycles. The fourth-order valence-electron chi connectivity index (χ4n) is 3.25. The average Bonchev–Trinajstić information content (AvgIpc) is 2.86. The van der Waals surface area contributed by atoms with Crippen LogP contribution in [-0.4, -0.2) is 41.0 Å². The maximum Gasteiger partial charge on any atom is 0.249 e. The number of rotatable bonds is 4. The van der Waals surface area contributed by atoms with Crippen LogP contribution < -0.4 is 5.32 Å². The lowest BCUT2D eigenvalue weighted by atomic mass is 9.83. The Balaban J connectivity index is 2.31. The largest absolute Gasteiger partial charge is 0.340 e. The van der Waals surface area contributed by atoms with Crippen LogP contribution in [0.5, 0.6) is 0 Å². The second-order valence-corrected chi connectivity index (χ2v) is 5.87. The first-order chi connectivity index (χ1) is 9.00. The Morgan fingerprint density at radius 2 is 1.95 bits per heavy atom. The Labute approximate surface area is 113 Å². The van der Waals surface area contributed by atoms with Gasteiger partial charge in [0.05, 0.1) is 6.67 Å². The Hall–Kier alpha value is -1.13. The van der Waals surface area contributed by atoms with E-state index in [2.05, 4.69) is 5.32 Å². The highest BCUT2D eigenvalue weighted by Gasteiger charge is 2.56. The van der Waals surface area contributed by atoms with Gasteiger partial charge >= 0.3 is 0 Å². The van der Waals surface area contributed by atoms with Crippen molar-refractivity contribution in [3.63, 3.8) is 0 Å². The lowest BCUT2D eigenvalue weighted by Crippen LogP contribution is -2.74. The lowest BCUT2D eigenvalue weighted by molar-refractivity contribution is -0.162. The molecule has 108 valence electrons. The molecule has 1 unspecified atom stereocenters. The van der Waals surface area contributed by atoms with Crippen molar-refractivity contribution in [2.75, 3.05) is 13.2 Å². The van der Waals surface area contributed by atoms with Crippen molar-refractivity contribution in [3.05, 3.63) is 0 Å². The quantitative estimate of drug-likeness (QED) is 0.846. The van der Waals surface area contributed by atoms with Gasteiger partial charge in [-0.1, -0.05) is 19.8 Å². The highest BCUT2D eigenvalue weighted by Crippen LogP contribution is 2.38. The van der Waals surface area contributed by atoms with Gasteiger partial charge in [-0.2, -0.15) is 0 Å². The van der Waals surface area contributed by atoms with Crippen LogP contribution in [0.2, 0.25) is 0 Å². The Kier molecular flexibility index (Phi) is 3.83. The Morgan fingerprint density at radius 1 is 1.32 bits per heavy atom. The van der Waals surface area contributed by atoms with Gasteiger partial charge in [-0.05, 0) is 32.6 Å². The van der Waals surface area contributed by atoms with E-state index in [9.17, 15) is 14.0 Å². The normalized spacial score (nSPS) is 29.9. The number of alkyl halides is 1. The third kappa shape index (κ3) is 2.13. The molecule has 1 N–H and O–H groups in total. The second-order valence-electron chi connectivity index (χ2n) is 5.87. The molecule has 0 aromatic rings. The number of nitrogens with zero attached hydrogens (tertiary/aromatic N) is 1. The fraction of sp³-hybridized carbons (Fsp3) is 0.857. The van der Waals surface area contributed by atoms with Gasteiger partial charge in [0.1, 0.15) is 11.1 Å². The topological polar surface area (TPSA) is 49.4 Å². The van der Waals surface area contributed by atoms with Crippen molar-refractivity contribution >= 4 is 11.8 Å². The average molecular weight is 270 g/mol. The molecular formula is C14H23FN2O2. The van der Waals surface area contributed by atoms with Crippen molar-refractivity contribution in [2.45, 2.75) is 63.5 Å². The molecule has 2 rings (SSSR count). The number of halogens is 1. The SMILES string of the molecule is CCC1(C)C(=O)NC2(CCCC2)C(=O)N1CCCF. The number of hydrogen-bond donors (Lipinski definition) is 1. The maximum absolute atomic E-state index is 12.8. The van der Waals surface area contributed by atoms with Crippen LogP contribution in [-0.2, 0) is 9.59 Å². The van der Waals surface area contributed by atoms with E-state index < -0.39 is 17.8 Å². The van der Waals surface area contributed by atoms with E-state index in [0.717, 1.165) is 12.8 Å². The van der Waals surface area contributed by atoms with E-state index in [1.165, 1.54) is 0 Å². The number of nitrogens with one attached hydrogen (secondary N) is 1. The summed E-state index contributed by atoms with van der Waals surface area (Å²) < 4.78 is 12.5. The zero-order valence-corrected chi connectivity index (χ0v) is 11.8. The van der Waals surface area contributed by atoms with Crippen LogP contribution in [0.1, 0.15) is 52.4 Å². The summed E-state index contributed by atoms with van der Waals surface area (Å²) in [7, 11) is 0. The molecule has 0 aromatic carbocycles. The fourth-order valence-corrected chi connectivity index (χ4v) is 3.25. The standard InChI is InChI=1S/C14H23FN2O2/c1-3-13(2)11(18)16-14(7-4-5-8-14)12(19)17(13)10-6-9-15/h3-10H2,1-2H3,(H,16,18). The van der Waals surface area contributed by atoms with Crippen molar-refractivity contribution in [3.8, 4) is 0 Å². The van der Waals surface area contributed by atoms with Crippen LogP contribution in [0, 0.1) is 0 Å². The van der Waals surface area contributed by atoms with Crippen molar-refractivity contribution in [2.24, 2.45) is 0 Å². The molecule has 1 aliphatic carbocycles. The van der Waals surface area contributed by atoms with Gasteiger partial charge in [0.25, 0.3) is 0 Å². The number of carbonyl (C=O) groups excluding carboxylic acids is 2. The van der Waals surface area contributed by atoms with Gasteiger partial charge in [-0.25, -0.2) is 0 Å². The van der Waals surface area contributed by atoms with Crippen LogP contribution in [0.25, 0.3) is 0 Å². The third-order valence-electron chi connectivity index (χ3n) is 4.75. The molecule has 5 heteroatoms. The summed E-state index contributed by atoms with van der Waals surface area (Å²) in [6, 6.07) is 0. The van der Waals surface area contributed by atoms with Crippen LogP contribution in [0.15, 0.2) is 0 Å². The molecule has 19 heavy (non-hydrogen) atoms. The Morgan fingerprint density at radius 3 is 2.47 bits per heavy atom. The van der Waals surface area contributed by atoms with Gasteiger partial charge in [0.15, 0.2) is 0 Å². The molecule has 2 fully saturated rings. The maximum atomic E-state index is 12.8. The van der Waals surface area contributed by atoms with E-state index >= 15 is 0 Å². The number of piperazine rings is 1. The third-order valence-corrected chi connectivity index (χ3v) is 4.75. The molecule has 1 aliphatic heterocycles. The van der Waals surface area contributed by atoms with E-state index in [1.807, 2.05) is 6.92 Å². The molecular weight excluding hydrogens is 247 g/mol. The first kappa shape index (κ1) is 14.3. The van der Waals surface area contributed by atoms with Crippen LogP contribution in [0.3, 0.4) is 0 Å². The summed E-state index contributed by atoms with van der Waals surface area (Å²) in [6.45, 7) is 3.54. The zero-order valence-electron chi connectivity index (χ0n) is 11.8. The van der Waals surface area contributed by atoms with Gasteiger partial charge in [-0.3, -0.25) is 14.0 Å².